The van der Waals surface area contributed by atoms with Crippen molar-refractivity contribution < 1.29 is 0 Å². The number of thioether (sulfide) groups is 1. The molecule has 108 valence electrons. The predicted octanol–water partition coefficient (Wildman–Crippen LogP) is 6.41. The van der Waals surface area contributed by atoms with Crippen molar-refractivity contribution in [2.75, 3.05) is 6.26 Å². The molecule has 0 aliphatic rings. The number of aryl methyl sites for hydroxylation is 1. The smallest absolute Gasteiger partial charge is 0.00614 e. The van der Waals surface area contributed by atoms with E-state index in [1.54, 1.807) is 11.8 Å². The van der Waals surface area contributed by atoms with Crippen LogP contribution < -0.4 is 0 Å². The molecule has 4 aromatic carbocycles. The lowest BCUT2D eigenvalue weighted by Gasteiger charge is -2.13. The van der Waals surface area contributed by atoms with Crippen LogP contribution in [0.15, 0.2) is 71.6 Å². The first-order valence-electron chi connectivity index (χ1n) is 7.51. The molecule has 0 aromatic heterocycles. The lowest BCUT2D eigenvalue weighted by molar-refractivity contribution is 1.37. The quantitative estimate of drug-likeness (QED) is 0.304. The van der Waals surface area contributed by atoms with Gasteiger partial charge in [-0.3, -0.25) is 0 Å². The molecule has 0 aliphatic heterocycles. The van der Waals surface area contributed by atoms with Crippen molar-refractivity contribution in [1.82, 2.24) is 0 Å². The second-order valence-electron chi connectivity index (χ2n) is 5.65. The summed E-state index contributed by atoms with van der Waals surface area (Å²) >= 11 is 1.80. The van der Waals surface area contributed by atoms with E-state index in [2.05, 4.69) is 79.9 Å². The SMILES string of the molecule is CSc1ccc(-c2c3ccccc3c3cccc[c-]23)c(C)c1. The van der Waals surface area contributed by atoms with Gasteiger partial charge in [0.25, 0.3) is 0 Å². The van der Waals surface area contributed by atoms with E-state index in [0.717, 1.165) is 0 Å². The van der Waals surface area contributed by atoms with E-state index >= 15 is 0 Å². The van der Waals surface area contributed by atoms with E-state index in [1.807, 2.05) is 0 Å². The summed E-state index contributed by atoms with van der Waals surface area (Å²) in [6, 6.07) is 24.3. The molecule has 4 aromatic rings. The third-order valence-electron chi connectivity index (χ3n) is 4.39. The van der Waals surface area contributed by atoms with Crippen LogP contribution in [0.3, 0.4) is 0 Å². The largest absolute Gasteiger partial charge is 0.130 e. The van der Waals surface area contributed by atoms with Gasteiger partial charge in [0.15, 0.2) is 0 Å². The van der Waals surface area contributed by atoms with E-state index in [9.17, 15) is 0 Å². The molecule has 1 heteroatoms. The Labute approximate surface area is 135 Å². The molecule has 4 rings (SSSR count). The van der Waals surface area contributed by atoms with Crippen LogP contribution >= 0.6 is 11.8 Å². The second kappa shape index (κ2) is 5.26. The summed E-state index contributed by atoms with van der Waals surface area (Å²) in [6.07, 6.45) is 2.13. The molecule has 0 radical (unpaired) electrons. The van der Waals surface area contributed by atoms with Gasteiger partial charge in [0.2, 0.25) is 0 Å². The maximum absolute atomic E-state index is 2.29. The molecule has 0 unspecified atom stereocenters. The summed E-state index contributed by atoms with van der Waals surface area (Å²) in [7, 11) is 0. The van der Waals surface area contributed by atoms with Crippen LogP contribution in [-0.4, -0.2) is 6.26 Å². The molecule has 0 heterocycles. The summed E-state index contributed by atoms with van der Waals surface area (Å²) < 4.78 is 0. The molecule has 0 fully saturated rings. The normalized spacial score (nSPS) is 11.4. The van der Waals surface area contributed by atoms with Gasteiger partial charge in [-0.25, -0.2) is 0 Å². The van der Waals surface area contributed by atoms with Crippen LogP contribution in [0.5, 0.6) is 0 Å². The predicted molar refractivity (Wildman–Crippen MR) is 99.0 cm³/mol. The fourth-order valence-electron chi connectivity index (χ4n) is 3.35. The zero-order chi connectivity index (χ0) is 15.1. The van der Waals surface area contributed by atoms with Crippen LogP contribution in [0.1, 0.15) is 5.56 Å². The Balaban J connectivity index is 2.13. The third kappa shape index (κ3) is 1.97. The molecule has 0 saturated heterocycles. The van der Waals surface area contributed by atoms with E-state index in [4.69, 9.17) is 0 Å². The van der Waals surface area contributed by atoms with Gasteiger partial charge < -0.3 is 0 Å². The lowest BCUT2D eigenvalue weighted by Crippen LogP contribution is -1.84. The fraction of sp³-hybridized carbons (Fsp3) is 0.0952. The molecular weight excluding hydrogens is 284 g/mol. The van der Waals surface area contributed by atoms with Gasteiger partial charge in [-0.15, -0.1) is 36.0 Å². The first-order chi connectivity index (χ1) is 10.8. The maximum Gasteiger partial charge on any atom is 0.00614 e. The van der Waals surface area contributed by atoms with Crippen LogP contribution in [0.4, 0.5) is 0 Å². The molecule has 0 saturated carbocycles. The van der Waals surface area contributed by atoms with Crippen LogP contribution in [0.2, 0.25) is 0 Å². The number of hydrogen-bond donors (Lipinski definition) is 0. The van der Waals surface area contributed by atoms with E-state index < -0.39 is 0 Å². The zero-order valence-corrected chi connectivity index (χ0v) is 13.6. The van der Waals surface area contributed by atoms with Gasteiger partial charge in [-0.1, -0.05) is 80.7 Å². The molecule has 0 atom stereocenters. The Morgan fingerprint density at radius 3 is 2.41 bits per heavy atom. The highest BCUT2D eigenvalue weighted by Crippen LogP contribution is 2.41. The van der Waals surface area contributed by atoms with Crippen LogP contribution in [0.25, 0.3) is 32.7 Å². The van der Waals surface area contributed by atoms with E-state index in [0.29, 0.717) is 0 Å². The molecule has 0 spiro atoms. The highest BCUT2D eigenvalue weighted by atomic mass is 32.2. The number of benzene rings is 3. The van der Waals surface area contributed by atoms with E-state index in [1.165, 1.54) is 43.1 Å². The minimum Gasteiger partial charge on any atom is -0.130 e. The third-order valence-corrected chi connectivity index (χ3v) is 5.11. The average Bonchev–Trinajstić information content (AvgIpc) is 2.89. The molecule has 0 aliphatic carbocycles. The molecule has 0 bridgehead atoms. The summed E-state index contributed by atoms with van der Waals surface area (Å²) in [6.45, 7) is 2.21. The van der Waals surface area contributed by atoms with E-state index in [-0.39, 0.29) is 0 Å². The number of hydrogen-bond acceptors (Lipinski definition) is 1. The van der Waals surface area contributed by atoms with Gasteiger partial charge in [-0.2, -0.15) is 0 Å². The van der Waals surface area contributed by atoms with Gasteiger partial charge in [-0.05, 0) is 13.2 Å². The second-order valence-corrected chi connectivity index (χ2v) is 6.53. The van der Waals surface area contributed by atoms with Gasteiger partial charge in [0.05, 0.1) is 0 Å². The summed E-state index contributed by atoms with van der Waals surface area (Å²) in [5.41, 5.74) is 4.06. The molecular formula is C21H17S-. The van der Waals surface area contributed by atoms with Crippen LogP contribution in [0, 0.1) is 6.92 Å². The Hall–Kier alpha value is -2.12. The Morgan fingerprint density at radius 1 is 0.864 bits per heavy atom. The zero-order valence-electron chi connectivity index (χ0n) is 12.8. The monoisotopic (exact) mass is 301 g/mol. The highest BCUT2D eigenvalue weighted by Gasteiger charge is 2.08. The molecule has 22 heavy (non-hydrogen) atoms. The highest BCUT2D eigenvalue weighted by molar-refractivity contribution is 7.98. The lowest BCUT2D eigenvalue weighted by atomic mass is 9.98. The van der Waals surface area contributed by atoms with Crippen molar-refractivity contribution in [3.63, 3.8) is 0 Å². The fourth-order valence-corrected chi connectivity index (χ4v) is 3.85. The average molecular weight is 301 g/mol. The van der Waals surface area contributed by atoms with Crippen molar-refractivity contribution in [2.45, 2.75) is 11.8 Å². The Morgan fingerprint density at radius 2 is 1.64 bits per heavy atom. The molecule has 0 amide bonds. The first kappa shape index (κ1) is 13.5. The number of rotatable bonds is 2. The first-order valence-corrected chi connectivity index (χ1v) is 8.73. The maximum atomic E-state index is 2.29. The molecule has 0 N–H and O–H groups in total. The van der Waals surface area contributed by atoms with Crippen molar-refractivity contribution in [2.24, 2.45) is 0 Å². The van der Waals surface area contributed by atoms with Gasteiger partial charge >= 0.3 is 0 Å². The van der Waals surface area contributed by atoms with Crippen molar-refractivity contribution >= 4 is 33.3 Å². The number of fused-ring (bicyclic) bond motifs is 3. The Kier molecular flexibility index (Phi) is 3.24. The van der Waals surface area contributed by atoms with Crippen LogP contribution in [-0.2, 0) is 0 Å². The summed E-state index contributed by atoms with van der Waals surface area (Å²) in [5, 5.41) is 5.40. The minimum atomic E-state index is 1.32. The summed E-state index contributed by atoms with van der Waals surface area (Å²) in [5.74, 6) is 0. The van der Waals surface area contributed by atoms with Crippen molar-refractivity contribution in [1.29, 1.82) is 0 Å². The van der Waals surface area contributed by atoms with Gasteiger partial charge in [0.1, 0.15) is 0 Å². The Bertz CT molecular complexity index is 922. The van der Waals surface area contributed by atoms with Crippen molar-refractivity contribution in [3.8, 4) is 11.1 Å². The van der Waals surface area contributed by atoms with Crippen molar-refractivity contribution in [3.05, 3.63) is 72.3 Å². The summed E-state index contributed by atoms with van der Waals surface area (Å²) in [4.78, 5) is 1.32. The topological polar surface area (TPSA) is 0 Å². The molecule has 0 nitrogen and oxygen atoms in total. The van der Waals surface area contributed by atoms with Gasteiger partial charge in [0, 0.05) is 4.90 Å². The minimum absolute atomic E-state index is 1.32. The standard InChI is InChI=1S/C21H17S/c1-14-13-15(22-2)11-12-16(14)21-19-9-5-3-7-17(19)18-8-4-6-10-20(18)21/h3-13H,1-2H3/q-1.